The Labute approximate surface area is 47.0 Å². The van der Waals surface area contributed by atoms with Crippen molar-refractivity contribution < 1.29 is 9.90 Å². The Hall–Kier alpha value is -0.990. The van der Waals surface area contributed by atoms with E-state index >= 15 is 0 Å². The highest BCUT2D eigenvalue weighted by Crippen LogP contribution is 1.98. The maximum absolute atomic E-state index is 10.1. The van der Waals surface area contributed by atoms with E-state index in [2.05, 4.69) is 11.5 Å². The second-order valence-corrected chi connectivity index (χ2v) is 1.62. The highest BCUT2D eigenvalue weighted by atomic mass is 16.4. The van der Waals surface area contributed by atoms with Gasteiger partial charge in [-0.05, 0) is 6.42 Å². The molecule has 0 aromatic rings. The Morgan fingerprint density at radius 3 is 3.00 bits per heavy atom. The fraction of sp³-hybridized carbons (Fsp3) is 0.400. The van der Waals surface area contributed by atoms with Gasteiger partial charge in [0.1, 0.15) is 6.04 Å². The number of rotatable bonds is 1. The number of carboxylic acids is 1. The molecule has 1 aliphatic rings. The Balaban J connectivity index is 2.41. The molecule has 1 radical (unpaired) electrons. The zero-order valence-electron chi connectivity index (χ0n) is 4.22. The molecule has 0 bridgehead atoms. The van der Waals surface area contributed by atoms with Crippen LogP contribution in [0.5, 0.6) is 0 Å². The molecule has 0 aliphatic carbocycles. The number of carbonyl (C=O) groups is 1. The molecule has 0 fully saturated rings. The van der Waals surface area contributed by atoms with Gasteiger partial charge in [0.2, 0.25) is 0 Å². The molecule has 0 aromatic carbocycles. The average Bonchev–Trinajstić information content (AvgIpc) is 2.12. The summed E-state index contributed by atoms with van der Waals surface area (Å²) in [6, 6.07) is -0.435. The van der Waals surface area contributed by atoms with Crippen LogP contribution >= 0.6 is 0 Å². The number of hydrogen-bond acceptors (Lipinski definition) is 2. The van der Waals surface area contributed by atoms with Crippen molar-refractivity contribution >= 4 is 5.97 Å². The van der Waals surface area contributed by atoms with Gasteiger partial charge < -0.3 is 10.4 Å². The van der Waals surface area contributed by atoms with E-state index in [-0.39, 0.29) is 0 Å². The number of nitrogens with one attached hydrogen (secondary N) is 1. The first-order chi connectivity index (χ1) is 3.80. The van der Waals surface area contributed by atoms with Gasteiger partial charge in [-0.3, -0.25) is 0 Å². The van der Waals surface area contributed by atoms with Crippen molar-refractivity contribution in [3.05, 3.63) is 12.3 Å². The smallest absolute Gasteiger partial charge is 0.326 e. The molecule has 2 N–H and O–H groups in total. The van der Waals surface area contributed by atoms with Crippen molar-refractivity contribution in [2.24, 2.45) is 0 Å². The van der Waals surface area contributed by atoms with Crippen molar-refractivity contribution in [1.29, 1.82) is 0 Å². The molecule has 0 saturated heterocycles. The van der Waals surface area contributed by atoms with Gasteiger partial charge in [0.05, 0.1) is 6.20 Å². The maximum Gasteiger partial charge on any atom is 0.326 e. The monoisotopic (exact) mass is 112 g/mol. The van der Waals surface area contributed by atoms with E-state index in [0.29, 0.717) is 6.42 Å². The van der Waals surface area contributed by atoms with E-state index in [4.69, 9.17) is 5.11 Å². The first-order valence-electron chi connectivity index (χ1n) is 2.36. The molecule has 1 aliphatic heterocycles. The van der Waals surface area contributed by atoms with Gasteiger partial charge >= 0.3 is 5.97 Å². The summed E-state index contributed by atoms with van der Waals surface area (Å²) in [5.41, 5.74) is 0. The molecule has 1 atom stereocenters. The van der Waals surface area contributed by atoms with E-state index in [1.165, 1.54) is 0 Å². The van der Waals surface area contributed by atoms with Crippen LogP contribution in [0, 0.1) is 6.20 Å². The van der Waals surface area contributed by atoms with Gasteiger partial charge in [-0.15, -0.1) is 0 Å². The fourth-order valence-electron chi connectivity index (χ4n) is 0.558. The zero-order valence-corrected chi connectivity index (χ0v) is 4.22. The predicted molar refractivity (Wildman–Crippen MR) is 27.0 cm³/mol. The third-order valence-electron chi connectivity index (χ3n) is 1.01. The van der Waals surface area contributed by atoms with Crippen LogP contribution in [-0.4, -0.2) is 17.1 Å². The normalized spacial score (nSPS) is 25.2. The maximum atomic E-state index is 10.1. The Kier molecular flexibility index (Phi) is 1.20. The number of aliphatic carboxylic acids is 1. The van der Waals surface area contributed by atoms with Crippen LogP contribution in [-0.2, 0) is 4.79 Å². The lowest BCUT2D eigenvalue weighted by atomic mass is 10.2. The first-order valence-corrected chi connectivity index (χ1v) is 2.36. The molecule has 8 heavy (non-hydrogen) atoms. The molecule has 3 heteroatoms. The Morgan fingerprint density at radius 1 is 2.00 bits per heavy atom. The second kappa shape index (κ2) is 1.86. The SMILES string of the molecule is O=C(O)C1CC=[C]N1. The summed E-state index contributed by atoms with van der Waals surface area (Å²) in [7, 11) is 0. The van der Waals surface area contributed by atoms with Crippen LogP contribution in [0.2, 0.25) is 0 Å². The van der Waals surface area contributed by atoms with E-state index in [1.54, 1.807) is 6.08 Å². The molecule has 3 nitrogen and oxygen atoms in total. The molecule has 0 saturated carbocycles. The average molecular weight is 112 g/mol. The third kappa shape index (κ3) is 0.804. The van der Waals surface area contributed by atoms with Crippen LogP contribution in [0.4, 0.5) is 0 Å². The van der Waals surface area contributed by atoms with Gasteiger partial charge in [-0.2, -0.15) is 0 Å². The topological polar surface area (TPSA) is 49.3 Å². The van der Waals surface area contributed by atoms with Crippen molar-refractivity contribution in [2.75, 3.05) is 0 Å². The van der Waals surface area contributed by atoms with E-state index in [9.17, 15) is 4.79 Å². The molecule has 43 valence electrons. The largest absolute Gasteiger partial charge is 0.480 e. The zero-order chi connectivity index (χ0) is 5.98. The Morgan fingerprint density at radius 2 is 2.75 bits per heavy atom. The number of carboxylic acid groups (broad SMARTS) is 1. The summed E-state index contributed by atoms with van der Waals surface area (Å²) in [6.07, 6.45) is 4.83. The van der Waals surface area contributed by atoms with Crippen molar-refractivity contribution in [3.8, 4) is 0 Å². The summed E-state index contributed by atoms with van der Waals surface area (Å²) in [6.45, 7) is 0. The van der Waals surface area contributed by atoms with Crippen LogP contribution in [0.25, 0.3) is 0 Å². The molecule has 0 aromatic heterocycles. The van der Waals surface area contributed by atoms with Gasteiger partial charge in [0.25, 0.3) is 0 Å². The van der Waals surface area contributed by atoms with Crippen LogP contribution in [0.1, 0.15) is 6.42 Å². The molecule has 0 amide bonds. The van der Waals surface area contributed by atoms with Crippen molar-refractivity contribution in [1.82, 2.24) is 5.32 Å². The Bertz CT molecular complexity index is 122. The number of hydrogen-bond donors (Lipinski definition) is 2. The molecular weight excluding hydrogens is 106 g/mol. The standard InChI is InChI=1S/C5H6NO2/c7-5(8)4-2-1-3-6-4/h1,4,6H,2H2,(H,7,8). The highest BCUT2D eigenvalue weighted by molar-refractivity contribution is 5.74. The third-order valence-corrected chi connectivity index (χ3v) is 1.01. The second-order valence-electron chi connectivity index (χ2n) is 1.62. The van der Waals surface area contributed by atoms with E-state index in [1.807, 2.05) is 0 Å². The van der Waals surface area contributed by atoms with E-state index in [0.717, 1.165) is 0 Å². The minimum Gasteiger partial charge on any atom is -0.480 e. The lowest BCUT2D eigenvalue weighted by Crippen LogP contribution is -2.28. The molecule has 1 heterocycles. The predicted octanol–water partition coefficient (Wildman–Crippen LogP) is -0.250. The fourth-order valence-corrected chi connectivity index (χ4v) is 0.558. The minimum atomic E-state index is -0.814. The summed E-state index contributed by atoms with van der Waals surface area (Å²) >= 11 is 0. The van der Waals surface area contributed by atoms with Crippen molar-refractivity contribution in [3.63, 3.8) is 0 Å². The summed E-state index contributed by atoms with van der Waals surface area (Å²) in [5, 5.41) is 10.8. The minimum absolute atomic E-state index is 0.435. The van der Waals surface area contributed by atoms with Gasteiger partial charge in [0.15, 0.2) is 0 Å². The summed E-state index contributed by atoms with van der Waals surface area (Å²) in [5.74, 6) is -0.814. The van der Waals surface area contributed by atoms with Gasteiger partial charge in [-0.25, -0.2) is 4.79 Å². The summed E-state index contributed by atoms with van der Waals surface area (Å²) < 4.78 is 0. The molecule has 1 unspecified atom stereocenters. The lowest BCUT2D eigenvalue weighted by molar-refractivity contribution is -0.138. The quantitative estimate of drug-likeness (QED) is 0.491. The van der Waals surface area contributed by atoms with Crippen LogP contribution in [0.3, 0.4) is 0 Å². The van der Waals surface area contributed by atoms with E-state index < -0.39 is 12.0 Å². The van der Waals surface area contributed by atoms with Crippen molar-refractivity contribution in [2.45, 2.75) is 12.5 Å². The molecule has 0 spiro atoms. The van der Waals surface area contributed by atoms with Gasteiger partial charge in [0, 0.05) is 0 Å². The lowest BCUT2D eigenvalue weighted by Gasteiger charge is -2.00. The van der Waals surface area contributed by atoms with Gasteiger partial charge in [-0.1, -0.05) is 6.08 Å². The first kappa shape index (κ1) is 5.15. The van der Waals surface area contributed by atoms with Crippen LogP contribution in [0.15, 0.2) is 6.08 Å². The summed E-state index contributed by atoms with van der Waals surface area (Å²) in [4.78, 5) is 10.1. The molecular formula is C5H6NO2. The molecule has 1 rings (SSSR count). The van der Waals surface area contributed by atoms with Crippen LogP contribution < -0.4 is 5.32 Å². The highest BCUT2D eigenvalue weighted by Gasteiger charge is 2.16.